The molecule has 0 heterocycles. The second-order valence-corrected chi connectivity index (χ2v) is 7.16. The third-order valence-corrected chi connectivity index (χ3v) is 3.65. The molecule has 3 N–H and O–H groups in total. The van der Waals surface area contributed by atoms with E-state index in [9.17, 15) is 4.79 Å². The van der Waals surface area contributed by atoms with Crippen LogP contribution in [0.15, 0.2) is 0 Å². The van der Waals surface area contributed by atoms with E-state index in [1.54, 1.807) is 0 Å². The van der Waals surface area contributed by atoms with Crippen molar-refractivity contribution in [2.45, 2.75) is 59.9 Å². The molecule has 1 rings (SSSR count). The average molecular weight is 240 g/mol. The maximum absolute atomic E-state index is 11.9. The monoisotopic (exact) mass is 240 g/mol. The van der Waals surface area contributed by atoms with Crippen LogP contribution in [0.25, 0.3) is 0 Å². The van der Waals surface area contributed by atoms with Gasteiger partial charge in [-0.3, -0.25) is 4.79 Å². The summed E-state index contributed by atoms with van der Waals surface area (Å²) in [5.74, 6) is 0.693. The molecule has 0 aromatic heterocycles. The van der Waals surface area contributed by atoms with E-state index in [1.807, 2.05) is 20.8 Å². The first-order chi connectivity index (χ1) is 7.66. The lowest BCUT2D eigenvalue weighted by molar-refractivity contribution is -0.124. The van der Waals surface area contributed by atoms with Crippen molar-refractivity contribution in [1.82, 2.24) is 5.32 Å². The molecule has 0 aromatic rings. The van der Waals surface area contributed by atoms with Crippen LogP contribution in [0.3, 0.4) is 0 Å². The van der Waals surface area contributed by atoms with Gasteiger partial charge in [0.05, 0.1) is 6.04 Å². The number of rotatable bonds is 5. The molecular weight excluding hydrogens is 212 g/mol. The van der Waals surface area contributed by atoms with Gasteiger partial charge < -0.3 is 11.1 Å². The lowest BCUT2D eigenvalue weighted by Crippen LogP contribution is -2.49. The molecule has 1 aliphatic carbocycles. The predicted octanol–water partition coefficient (Wildman–Crippen LogP) is 2.30. The summed E-state index contributed by atoms with van der Waals surface area (Å²) in [4.78, 5) is 11.9. The van der Waals surface area contributed by atoms with Crippen LogP contribution in [0.2, 0.25) is 0 Å². The van der Waals surface area contributed by atoms with Crippen molar-refractivity contribution < 1.29 is 4.79 Å². The molecule has 0 saturated heterocycles. The van der Waals surface area contributed by atoms with E-state index < -0.39 is 6.04 Å². The van der Waals surface area contributed by atoms with E-state index in [4.69, 9.17) is 5.73 Å². The van der Waals surface area contributed by atoms with Crippen LogP contribution >= 0.6 is 0 Å². The zero-order valence-corrected chi connectivity index (χ0v) is 12.0. The van der Waals surface area contributed by atoms with Gasteiger partial charge >= 0.3 is 0 Å². The summed E-state index contributed by atoms with van der Waals surface area (Å²) < 4.78 is 0. The van der Waals surface area contributed by atoms with Gasteiger partial charge in [0.2, 0.25) is 5.91 Å². The molecule has 17 heavy (non-hydrogen) atoms. The second kappa shape index (κ2) is 4.97. The molecular formula is C14H28N2O. The number of amides is 1. The second-order valence-electron chi connectivity index (χ2n) is 7.16. The van der Waals surface area contributed by atoms with Gasteiger partial charge in [0.25, 0.3) is 0 Å². The van der Waals surface area contributed by atoms with Crippen molar-refractivity contribution in [3.63, 3.8) is 0 Å². The Morgan fingerprint density at radius 2 is 1.88 bits per heavy atom. The molecule has 3 heteroatoms. The number of hydrogen-bond donors (Lipinski definition) is 2. The standard InChI is InChI=1S/C14H28N2O/c1-10(2)8-14(6-7-14)9-16-12(17)11(15)13(3,4)5/h10-11H,6-9,15H2,1-5H3,(H,16,17)/t11-/m1/s1. The highest BCUT2D eigenvalue weighted by Crippen LogP contribution is 2.50. The molecule has 0 aliphatic heterocycles. The Balaban J connectivity index is 2.39. The van der Waals surface area contributed by atoms with Gasteiger partial charge in [-0.2, -0.15) is 0 Å². The van der Waals surface area contributed by atoms with Gasteiger partial charge in [-0.25, -0.2) is 0 Å². The number of nitrogens with one attached hydrogen (secondary N) is 1. The van der Waals surface area contributed by atoms with Crippen molar-refractivity contribution in [3.05, 3.63) is 0 Å². The molecule has 0 bridgehead atoms. The first-order valence-electron chi connectivity index (χ1n) is 6.70. The zero-order valence-electron chi connectivity index (χ0n) is 12.0. The van der Waals surface area contributed by atoms with Gasteiger partial charge in [-0.15, -0.1) is 0 Å². The summed E-state index contributed by atoms with van der Waals surface area (Å²) in [6.07, 6.45) is 3.70. The predicted molar refractivity (Wildman–Crippen MR) is 71.6 cm³/mol. The van der Waals surface area contributed by atoms with Crippen molar-refractivity contribution in [2.75, 3.05) is 6.54 Å². The van der Waals surface area contributed by atoms with Crippen LogP contribution in [-0.2, 0) is 4.79 Å². The fourth-order valence-corrected chi connectivity index (χ4v) is 2.27. The molecule has 1 aliphatic rings. The van der Waals surface area contributed by atoms with Crippen LogP contribution in [0.1, 0.15) is 53.9 Å². The third-order valence-electron chi connectivity index (χ3n) is 3.65. The largest absolute Gasteiger partial charge is 0.354 e. The average Bonchev–Trinajstić information content (AvgIpc) is 2.91. The number of hydrogen-bond acceptors (Lipinski definition) is 2. The van der Waals surface area contributed by atoms with E-state index in [-0.39, 0.29) is 11.3 Å². The lowest BCUT2D eigenvalue weighted by atomic mass is 9.86. The lowest BCUT2D eigenvalue weighted by Gasteiger charge is -2.27. The summed E-state index contributed by atoms with van der Waals surface area (Å²) in [7, 11) is 0. The first kappa shape index (κ1) is 14.5. The fraction of sp³-hybridized carbons (Fsp3) is 0.929. The Morgan fingerprint density at radius 1 is 1.35 bits per heavy atom. The molecule has 0 radical (unpaired) electrons. The molecule has 0 aromatic carbocycles. The molecule has 1 atom stereocenters. The Kier molecular flexibility index (Phi) is 4.23. The van der Waals surface area contributed by atoms with Crippen molar-refractivity contribution in [2.24, 2.45) is 22.5 Å². The highest BCUT2D eigenvalue weighted by Gasteiger charge is 2.43. The third kappa shape index (κ3) is 4.30. The van der Waals surface area contributed by atoms with E-state index >= 15 is 0 Å². The smallest absolute Gasteiger partial charge is 0.237 e. The summed E-state index contributed by atoms with van der Waals surface area (Å²) in [6, 6.07) is -0.419. The van der Waals surface area contributed by atoms with Crippen LogP contribution < -0.4 is 11.1 Å². The maximum Gasteiger partial charge on any atom is 0.237 e. The van der Waals surface area contributed by atoms with Crippen molar-refractivity contribution in [3.8, 4) is 0 Å². The van der Waals surface area contributed by atoms with Crippen LogP contribution in [0.5, 0.6) is 0 Å². The van der Waals surface area contributed by atoms with E-state index in [2.05, 4.69) is 19.2 Å². The molecule has 1 amide bonds. The number of carbonyl (C=O) groups is 1. The van der Waals surface area contributed by atoms with Gasteiger partial charge in [-0.05, 0) is 36.0 Å². The Labute approximate surface area is 106 Å². The van der Waals surface area contributed by atoms with Gasteiger partial charge in [0, 0.05) is 6.54 Å². The van der Waals surface area contributed by atoms with Gasteiger partial charge in [0.1, 0.15) is 0 Å². The topological polar surface area (TPSA) is 55.1 Å². The van der Waals surface area contributed by atoms with E-state index in [1.165, 1.54) is 19.3 Å². The minimum Gasteiger partial charge on any atom is -0.354 e. The Hall–Kier alpha value is -0.570. The molecule has 0 unspecified atom stereocenters. The molecule has 1 fully saturated rings. The summed E-state index contributed by atoms with van der Waals surface area (Å²) in [5, 5.41) is 3.03. The number of nitrogens with two attached hydrogens (primary N) is 1. The SMILES string of the molecule is CC(C)CC1(CNC(=O)[C@@H](N)C(C)(C)C)CC1. The highest BCUT2D eigenvalue weighted by molar-refractivity contribution is 5.82. The molecule has 1 saturated carbocycles. The van der Waals surface area contributed by atoms with Crippen LogP contribution in [0.4, 0.5) is 0 Å². The molecule has 100 valence electrons. The molecule has 3 nitrogen and oxygen atoms in total. The first-order valence-corrected chi connectivity index (χ1v) is 6.70. The van der Waals surface area contributed by atoms with Crippen molar-refractivity contribution in [1.29, 1.82) is 0 Å². The minimum absolute atomic E-state index is 0.00692. The molecule has 0 spiro atoms. The Bertz CT molecular complexity index is 274. The van der Waals surface area contributed by atoms with E-state index in [0.717, 1.165) is 6.54 Å². The maximum atomic E-state index is 11.9. The summed E-state index contributed by atoms with van der Waals surface area (Å²) in [5.41, 5.74) is 6.14. The minimum atomic E-state index is -0.419. The zero-order chi connectivity index (χ0) is 13.3. The van der Waals surface area contributed by atoms with Gasteiger partial charge in [0.15, 0.2) is 0 Å². The van der Waals surface area contributed by atoms with Gasteiger partial charge in [-0.1, -0.05) is 34.6 Å². The summed E-state index contributed by atoms with van der Waals surface area (Å²) >= 11 is 0. The Morgan fingerprint density at radius 3 is 2.24 bits per heavy atom. The number of carbonyl (C=O) groups excluding carboxylic acids is 1. The van der Waals surface area contributed by atoms with Crippen LogP contribution in [0, 0.1) is 16.7 Å². The highest BCUT2D eigenvalue weighted by atomic mass is 16.2. The summed E-state index contributed by atoms with van der Waals surface area (Å²) in [6.45, 7) is 11.3. The van der Waals surface area contributed by atoms with E-state index in [0.29, 0.717) is 11.3 Å². The van der Waals surface area contributed by atoms with Crippen LogP contribution in [-0.4, -0.2) is 18.5 Å². The fourth-order valence-electron chi connectivity index (χ4n) is 2.27. The van der Waals surface area contributed by atoms with Crippen molar-refractivity contribution >= 4 is 5.91 Å². The normalized spacial score (nSPS) is 20.2. The quantitative estimate of drug-likeness (QED) is 0.774.